The Kier molecular flexibility index (Phi) is 5.83. The minimum atomic E-state index is 0.731. The van der Waals surface area contributed by atoms with Crippen LogP contribution in [-0.2, 0) is 13.0 Å². The van der Waals surface area contributed by atoms with Crippen LogP contribution in [0.25, 0.3) is 0 Å². The Bertz CT molecular complexity index is 355. The highest BCUT2D eigenvalue weighted by Crippen LogP contribution is 2.09. The highest BCUT2D eigenvalue weighted by Gasteiger charge is 2.11. The van der Waals surface area contributed by atoms with Gasteiger partial charge in [-0.25, -0.2) is 0 Å². The second-order valence-electron chi connectivity index (χ2n) is 5.64. The van der Waals surface area contributed by atoms with E-state index in [9.17, 15) is 0 Å². The Hall–Kier alpha value is -0.900. The van der Waals surface area contributed by atoms with Crippen LogP contribution >= 0.6 is 0 Å². The molecule has 2 N–H and O–H groups in total. The second kappa shape index (κ2) is 7.63. The first-order valence-corrected chi connectivity index (χ1v) is 7.47. The van der Waals surface area contributed by atoms with Crippen molar-refractivity contribution in [2.24, 2.45) is 5.73 Å². The first kappa shape index (κ1) is 14.5. The molecule has 106 valence electrons. The highest BCUT2D eigenvalue weighted by atomic mass is 15.2. The molecule has 0 amide bonds. The van der Waals surface area contributed by atoms with Gasteiger partial charge in [0, 0.05) is 19.6 Å². The zero-order valence-corrected chi connectivity index (χ0v) is 12.1. The van der Waals surface area contributed by atoms with Gasteiger partial charge in [0.15, 0.2) is 0 Å². The number of rotatable bonds is 7. The quantitative estimate of drug-likeness (QED) is 0.811. The van der Waals surface area contributed by atoms with Gasteiger partial charge in [-0.3, -0.25) is 0 Å². The minimum Gasteiger partial charge on any atom is -0.330 e. The lowest BCUT2D eigenvalue weighted by Crippen LogP contribution is -2.31. The Balaban J connectivity index is 1.72. The van der Waals surface area contributed by atoms with Crippen LogP contribution in [0.4, 0.5) is 0 Å². The Morgan fingerprint density at radius 3 is 2.37 bits per heavy atom. The van der Waals surface area contributed by atoms with E-state index in [1.54, 1.807) is 0 Å². The summed E-state index contributed by atoms with van der Waals surface area (Å²) in [6.45, 7) is 6.72. The molecule has 0 aromatic heterocycles. The van der Waals surface area contributed by atoms with E-state index in [0.717, 1.165) is 26.1 Å². The van der Waals surface area contributed by atoms with Gasteiger partial charge in [0.05, 0.1) is 0 Å². The zero-order chi connectivity index (χ0) is 13.5. The van der Waals surface area contributed by atoms with Crippen LogP contribution in [0.3, 0.4) is 0 Å². The van der Waals surface area contributed by atoms with Crippen LogP contribution in [-0.4, -0.2) is 49.6 Å². The Morgan fingerprint density at radius 1 is 1.11 bits per heavy atom. The van der Waals surface area contributed by atoms with Crippen LogP contribution in [0, 0.1) is 0 Å². The maximum atomic E-state index is 5.57. The minimum absolute atomic E-state index is 0.731. The molecule has 0 aliphatic carbocycles. The van der Waals surface area contributed by atoms with Gasteiger partial charge in [-0.05, 0) is 57.1 Å². The third-order valence-electron chi connectivity index (χ3n) is 3.91. The van der Waals surface area contributed by atoms with Gasteiger partial charge in [-0.15, -0.1) is 0 Å². The van der Waals surface area contributed by atoms with Gasteiger partial charge in [0.2, 0.25) is 0 Å². The number of hydrogen-bond donors (Lipinski definition) is 1. The Labute approximate surface area is 117 Å². The molecule has 0 atom stereocenters. The molecule has 19 heavy (non-hydrogen) atoms. The van der Waals surface area contributed by atoms with Crippen molar-refractivity contribution in [2.75, 3.05) is 39.8 Å². The molecule has 0 bridgehead atoms. The van der Waals surface area contributed by atoms with Crippen molar-refractivity contribution < 1.29 is 0 Å². The van der Waals surface area contributed by atoms with Gasteiger partial charge in [-0.1, -0.05) is 24.3 Å². The average Bonchev–Trinajstić information content (AvgIpc) is 2.92. The fraction of sp³-hybridized carbons (Fsp3) is 0.625. The van der Waals surface area contributed by atoms with E-state index >= 15 is 0 Å². The van der Waals surface area contributed by atoms with Crippen molar-refractivity contribution in [3.63, 3.8) is 0 Å². The van der Waals surface area contributed by atoms with Crippen molar-refractivity contribution in [2.45, 2.75) is 25.8 Å². The molecule has 3 heteroatoms. The summed E-state index contributed by atoms with van der Waals surface area (Å²) in [5.41, 5.74) is 8.30. The summed E-state index contributed by atoms with van der Waals surface area (Å²) in [6, 6.07) is 8.88. The molecule has 2 rings (SSSR count). The van der Waals surface area contributed by atoms with Gasteiger partial charge in [-0.2, -0.15) is 0 Å². The molecule has 1 heterocycles. The summed E-state index contributed by atoms with van der Waals surface area (Å²) in [4.78, 5) is 4.98. The van der Waals surface area contributed by atoms with Crippen molar-refractivity contribution in [1.82, 2.24) is 9.80 Å². The van der Waals surface area contributed by atoms with Crippen LogP contribution in [0.1, 0.15) is 24.0 Å². The van der Waals surface area contributed by atoms with Gasteiger partial charge < -0.3 is 15.5 Å². The van der Waals surface area contributed by atoms with Crippen molar-refractivity contribution >= 4 is 0 Å². The molecule has 1 aliphatic heterocycles. The third-order valence-corrected chi connectivity index (χ3v) is 3.91. The van der Waals surface area contributed by atoms with E-state index in [1.165, 1.54) is 43.6 Å². The molecule has 0 unspecified atom stereocenters. The first-order valence-electron chi connectivity index (χ1n) is 7.47. The van der Waals surface area contributed by atoms with Gasteiger partial charge >= 0.3 is 0 Å². The summed E-state index contributed by atoms with van der Waals surface area (Å²) in [5, 5.41) is 0. The fourth-order valence-electron chi connectivity index (χ4n) is 2.69. The van der Waals surface area contributed by atoms with E-state index in [1.807, 2.05) is 0 Å². The molecule has 3 nitrogen and oxygen atoms in total. The molecule has 1 aromatic carbocycles. The van der Waals surface area contributed by atoms with Crippen molar-refractivity contribution in [3.05, 3.63) is 35.4 Å². The van der Waals surface area contributed by atoms with Crippen molar-refractivity contribution in [3.8, 4) is 0 Å². The average molecular weight is 261 g/mol. The molecule has 0 spiro atoms. The standard InChI is InChI=1S/C16H27N3/c1-18(12-13-19-10-2-3-11-19)14-16-6-4-15(5-7-16)8-9-17/h4-7H,2-3,8-14,17H2,1H3. The summed E-state index contributed by atoms with van der Waals surface area (Å²) in [7, 11) is 2.21. The lowest BCUT2D eigenvalue weighted by Gasteiger charge is -2.21. The fourth-order valence-corrected chi connectivity index (χ4v) is 2.69. The summed E-state index contributed by atoms with van der Waals surface area (Å²) >= 11 is 0. The largest absolute Gasteiger partial charge is 0.330 e. The zero-order valence-electron chi connectivity index (χ0n) is 12.1. The van der Waals surface area contributed by atoms with Crippen LogP contribution in [0.5, 0.6) is 0 Å². The maximum Gasteiger partial charge on any atom is 0.0231 e. The monoisotopic (exact) mass is 261 g/mol. The third kappa shape index (κ3) is 4.94. The number of likely N-dealkylation sites (tertiary alicyclic amines) is 1. The predicted octanol–water partition coefficient (Wildman–Crippen LogP) is 1.72. The SMILES string of the molecule is CN(CCN1CCCC1)Cc1ccc(CCN)cc1. The van der Waals surface area contributed by atoms with Crippen LogP contribution < -0.4 is 5.73 Å². The number of benzene rings is 1. The lowest BCUT2D eigenvalue weighted by atomic mass is 10.1. The number of likely N-dealkylation sites (N-methyl/N-ethyl adjacent to an activating group) is 1. The summed E-state index contributed by atoms with van der Waals surface area (Å²) in [6.07, 6.45) is 3.74. The Morgan fingerprint density at radius 2 is 1.74 bits per heavy atom. The van der Waals surface area contributed by atoms with Crippen LogP contribution in [0.15, 0.2) is 24.3 Å². The smallest absolute Gasteiger partial charge is 0.0231 e. The number of nitrogens with two attached hydrogens (primary N) is 1. The van der Waals surface area contributed by atoms with Gasteiger partial charge in [0.25, 0.3) is 0 Å². The van der Waals surface area contributed by atoms with E-state index in [4.69, 9.17) is 5.73 Å². The van der Waals surface area contributed by atoms with Crippen molar-refractivity contribution in [1.29, 1.82) is 0 Å². The number of nitrogens with zero attached hydrogens (tertiary/aromatic N) is 2. The molecule has 0 saturated carbocycles. The summed E-state index contributed by atoms with van der Waals surface area (Å²) < 4.78 is 0. The molecular formula is C16H27N3. The summed E-state index contributed by atoms with van der Waals surface area (Å²) in [5.74, 6) is 0. The topological polar surface area (TPSA) is 32.5 Å². The second-order valence-corrected chi connectivity index (χ2v) is 5.64. The normalized spacial score (nSPS) is 16.4. The molecule has 1 aromatic rings. The molecular weight excluding hydrogens is 234 g/mol. The first-order chi connectivity index (χ1) is 9.28. The predicted molar refractivity (Wildman–Crippen MR) is 81.2 cm³/mol. The lowest BCUT2D eigenvalue weighted by molar-refractivity contribution is 0.252. The molecule has 0 radical (unpaired) electrons. The molecule has 1 fully saturated rings. The molecule has 1 aliphatic rings. The molecule has 1 saturated heterocycles. The van der Waals surface area contributed by atoms with E-state index in [2.05, 4.69) is 41.1 Å². The number of hydrogen-bond acceptors (Lipinski definition) is 3. The maximum absolute atomic E-state index is 5.57. The highest BCUT2D eigenvalue weighted by molar-refractivity contribution is 5.22. The van der Waals surface area contributed by atoms with E-state index in [0.29, 0.717) is 0 Å². The van der Waals surface area contributed by atoms with Gasteiger partial charge in [0.1, 0.15) is 0 Å². The van der Waals surface area contributed by atoms with E-state index < -0.39 is 0 Å². The van der Waals surface area contributed by atoms with E-state index in [-0.39, 0.29) is 0 Å². The van der Waals surface area contributed by atoms with Crippen LogP contribution in [0.2, 0.25) is 0 Å².